The summed E-state index contributed by atoms with van der Waals surface area (Å²) in [5.41, 5.74) is -0.554. The number of likely N-dealkylation sites (tertiary alicyclic amines) is 1. The number of fused-ring (bicyclic) bond motifs is 1. The van der Waals surface area contributed by atoms with Crippen molar-refractivity contribution in [3.8, 4) is 6.07 Å². The summed E-state index contributed by atoms with van der Waals surface area (Å²) in [6, 6.07) is 1.17. The highest BCUT2D eigenvalue weighted by Gasteiger charge is 2.62. The predicted molar refractivity (Wildman–Crippen MR) is 123 cm³/mol. The number of rotatable bonds is 7. The fourth-order valence-electron chi connectivity index (χ4n) is 5.20. The number of amides is 1. The quantitative estimate of drug-likeness (QED) is 0.346. The van der Waals surface area contributed by atoms with Gasteiger partial charge in [0, 0.05) is 25.0 Å². The van der Waals surface area contributed by atoms with Crippen molar-refractivity contribution >= 4 is 16.2 Å². The van der Waals surface area contributed by atoms with E-state index in [1.165, 1.54) is 9.21 Å². The lowest BCUT2D eigenvalue weighted by molar-refractivity contribution is -0.301. The van der Waals surface area contributed by atoms with Gasteiger partial charge in [0.15, 0.2) is 5.79 Å². The Kier molecular flexibility index (Phi) is 7.90. The fourth-order valence-corrected chi connectivity index (χ4v) is 6.29. The van der Waals surface area contributed by atoms with Gasteiger partial charge >= 0.3 is 10.3 Å². The van der Waals surface area contributed by atoms with E-state index in [-0.39, 0.29) is 45.1 Å². The number of hydrogen-bond donors (Lipinski definition) is 3. The first-order valence-electron chi connectivity index (χ1n) is 12.3. The molecule has 3 N–H and O–H groups in total. The fraction of sp³-hybridized carbons (Fsp3) is 0.909. The molecule has 15 heteroatoms. The van der Waals surface area contributed by atoms with Crippen molar-refractivity contribution < 1.29 is 46.2 Å². The van der Waals surface area contributed by atoms with Crippen molar-refractivity contribution in [2.24, 2.45) is 0 Å². The van der Waals surface area contributed by atoms with Crippen LogP contribution in [0, 0.1) is 11.3 Å². The number of nitrogens with zero attached hydrogens (tertiary/aromatic N) is 3. The molecule has 4 rings (SSSR count). The Labute approximate surface area is 215 Å². The van der Waals surface area contributed by atoms with Crippen LogP contribution in [-0.4, -0.2) is 121 Å². The van der Waals surface area contributed by atoms with E-state index in [1.807, 2.05) is 13.0 Å². The average molecular weight is 551 g/mol. The van der Waals surface area contributed by atoms with Gasteiger partial charge in [-0.1, -0.05) is 0 Å². The van der Waals surface area contributed by atoms with Gasteiger partial charge in [-0.25, -0.2) is 4.39 Å². The molecule has 13 nitrogen and oxygen atoms in total. The number of ether oxygens (including phenoxy) is 3. The van der Waals surface area contributed by atoms with Crippen LogP contribution in [0.25, 0.3) is 0 Å². The molecule has 210 valence electrons. The lowest BCUT2D eigenvalue weighted by Gasteiger charge is -2.41. The first-order valence-corrected chi connectivity index (χ1v) is 13.7. The largest absolute Gasteiger partial charge is 0.388 e. The van der Waals surface area contributed by atoms with E-state index in [9.17, 15) is 27.8 Å². The minimum atomic E-state index is -4.21. The Hall–Kier alpha value is -1.48. The summed E-state index contributed by atoms with van der Waals surface area (Å²) in [5.74, 6) is -3.29. The van der Waals surface area contributed by atoms with Gasteiger partial charge in [0.05, 0.1) is 25.8 Å². The second kappa shape index (κ2) is 10.2. The third-order valence-electron chi connectivity index (χ3n) is 7.40. The lowest BCUT2D eigenvalue weighted by atomic mass is 9.90. The van der Waals surface area contributed by atoms with Gasteiger partial charge in [-0.05, 0) is 33.6 Å². The summed E-state index contributed by atoms with van der Waals surface area (Å²) in [4.78, 5) is 13.8. The van der Waals surface area contributed by atoms with Crippen LogP contribution < -0.4 is 5.32 Å². The zero-order chi connectivity index (χ0) is 27.2. The molecule has 0 aliphatic carbocycles. The molecular formula is C22H35FN4O9S. The smallest absolute Gasteiger partial charge is 0.338 e. The molecule has 6 atom stereocenters. The normalized spacial score (nSPS) is 37.8. The monoisotopic (exact) mass is 550 g/mol. The first kappa shape index (κ1) is 28.5. The van der Waals surface area contributed by atoms with Crippen LogP contribution in [0.5, 0.6) is 0 Å². The van der Waals surface area contributed by atoms with E-state index in [2.05, 4.69) is 5.32 Å². The predicted octanol–water partition coefficient (Wildman–Crippen LogP) is -1.25. The second-order valence-corrected chi connectivity index (χ2v) is 12.4. The number of carbonyl (C=O) groups excluding carboxylic acids is 1. The van der Waals surface area contributed by atoms with E-state index in [0.717, 1.165) is 0 Å². The number of nitrogens with one attached hydrogen (secondary N) is 1. The highest BCUT2D eigenvalue weighted by Crippen LogP contribution is 2.43. The number of alkyl halides is 1. The van der Waals surface area contributed by atoms with Crippen molar-refractivity contribution in [3.63, 3.8) is 0 Å². The Morgan fingerprint density at radius 2 is 1.95 bits per heavy atom. The number of halogens is 1. The van der Waals surface area contributed by atoms with E-state index in [1.54, 1.807) is 13.8 Å². The van der Waals surface area contributed by atoms with E-state index >= 15 is 0 Å². The Bertz CT molecular complexity index is 1020. The molecule has 0 aromatic rings. The number of carbonyl (C=O) groups is 1. The third kappa shape index (κ3) is 5.92. The average Bonchev–Trinajstić information content (AvgIpc) is 3.36. The maximum Gasteiger partial charge on any atom is 0.338 e. The zero-order valence-electron chi connectivity index (χ0n) is 21.1. The van der Waals surface area contributed by atoms with Crippen molar-refractivity contribution in [2.75, 3.05) is 39.4 Å². The van der Waals surface area contributed by atoms with Crippen molar-refractivity contribution in [1.29, 1.82) is 5.26 Å². The Balaban J connectivity index is 1.31. The van der Waals surface area contributed by atoms with Gasteiger partial charge in [-0.2, -0.15) is 18.0 Å². The summed E-state index contributed by atoms with van der Waals surface area (Å²) in [7, 11) is -4.21. The van der Waals surface area contributed by atoms with Crippen LogP contribution in [0.15, 0.2) is 0 Å². The summed E-state index contributed by atoms with van der Waals surface area (Å²) < 4.78 is 63.0. The SMILES string of the molecule is CC1(NCC(=O)N2C[C@@H](F)C[C@H]2C#N)CCN(S(=O)(=O)OC[C@@]23OC[C@@H](O)[C@@H](O)[C@@H]2OC(C)(C)O3)CC1. The number of aliphatic hydroxyl groups excluding tert-OH is 2. The number of hydrogen-bond acceptors (Lipinski definition) is 11. The maximum absolute atomic E-state index is 13.6. The highest BCUT2D eigenvalue weighted by molar-refractivity contribution is 7.84. The molecule has 0 bridgehead atoms. The summed E-state index contributed by atoms with van der Waals surface area (Å²) >= 11 is 0. The van der Waals surface area contributed by atoms with Crippen LogP contribution in [0.2, 0.25) is 0 Å². The van der Waals surface area contributed by atoms with Gasteiger partial charge in [0.2, 0.25) is 11.7 Å². The Morgan fingerprint density at radius 3 is 2.59 bits per heavy atom. The molecule has 4 aliphatic heterocycles. The van der Waals surface area contributed by atoms with Gasteiger partial charge in [0.1, 0.15) is 37.1 Å². The maximum atomic E-state index is 13.6. The number of nitriles is 1. The number of aliphatic hydroxyl groups is 2. The summed E-state index contributed by atoms with van der Waals surface area (Å²) in [6.07, 6.45) is -4.19. The molecule has 4 heterocycles. The van der Waals surface area contributed by atoms with Crippen LogP contribution in [-0.2, 0) is 33.5 Å². The second-order valence-electron chi connectivity index (χ2n) is 10.8. The highest BCUT2D eigenvalue weighted by atomic mass is 32.2. The van der Waals surface area contributed by atoms with Gasteiger partial charge in [-0.3, -0.25) is 8.98 Å². The molecule has 0 radical (unpaired) electrons. The van der Waals surface area contributed by atoms with E-state index in [0.29, 0.717) is 12.8 Å². The standard InChI is InChI=1S/C22H35FN4O9S/c1-20(2)35-19-18(30)16(28)12-33-22(19,36-20)13-34-37(31,32)26-6-4-21(3,5-7-26)25-10-17(29)27-11-14(23)8-15(27)9-24/h14-16,18-19,25,28,30H,4-8,10-13H2,1-3H3/t14-,15-,16+,18+,19-,22-/m0/s1. The molecule has 0 aromatic heterocycles. The van der Waals surface area contributed by atoms with Crippen LogP contribution in [0.3, 0.4) is 0 Å². The molecule has 0 unspecified atom stereocenters. The minimum absolute atomic E-state index is 0.00754. The van der Waals surface area contributed by atoms with Crippen LogP contribution >= 0.6 is 0 Å². The van der Waals surface area contributed by atoms with E-state index in [4.69, 9.17) is 23.7 Å². The molecule has 1 amide bonds. The molecule has 37 heavy (non-hydrogen) atoms. The third-order valence-corrected chi connectivity index (χ3v) is 8.82. The topological polar surface area (TPSA) is 171 Å². The van der Waals surface area contributed by atoms with Crippen LogP contribution in [0.4, 0.5) is 4.39 Å². The molecular weight excluding hydrogens is 515 g/mol. The van der Waals surface area contributed by atoms with Crippen molar-refractivity contribution in [3.05, 3.63) is 0 Å². The molecule has 0 aromatic carbocycles. The summed E-state index contributed by atoms with van der Waals surface area (Å²) in [6.45, 7) is 4.18. The Morgan fingerprint density at radius 1 is 1.27 bits per heavy atom. The zero-order valence-corrected chi connectivity index (χ0v) is 21.9. The number of piperidine rings is 1. The first-order chi connectivity index (χ1) is 17.2. The molecule has 4 fully saturated rings. The van der Waals surface area contributed by atoms with Gasteiger partial charge in [0.25, 0.3) is 0 Å². The van der Waals surface area contributed by atoms with Crippen LogP contribution in [0.1, 0.15) is 40.0 Å². The molecule has 0 spiro atoms. The van der Waals surface area contributed by atoms with E-state index < -0.39 is 64.5 Å². The lowest BCUT2D eigenvalue weighted by Crippen LogP contribution is -2.62. The molecule has 0 saturated carbocycles. The molecule has 4 aliphatic rings. The van der Waals surface area contributed by atoms with Gasteiger partial charge < -0.3 is 34.6 Å². The minimum Gasteiger partial charge on any atom is -0.388 e. The van der Waals surface area contributed by atoms with Crippen molar-refractivity contribution in [2.45, 2.75) is 87.7 Å². The molecule has 4 saturated heterocycles. The summed E-state index contributed by atoms with van der Waals surface area (Å²) in [5, 5.41) is 32.6. The van der Waals surface area contributed by atoms with Crippen molar-refractivity contribution in [1.82, 2.24) is 14.5 Å². The van der Waals surface area contributed by atoms with Gasteiger partial charge in [-0.15, -0.1) is 0 Å².